The highest BCUT2D eigenvalue weighted by Crippen LogP contribution is 2.54. The van der Waals surface area contributed by atoms with E-state index in [4.69, 9.17) is 4.74 Å². The minimum absolute atomic E-state index is 0.0723. The Kier molecular flexibility index (Phi) is 0.822. The molecule has 0 aromatic heterocycles. The number of carbonyl (C=O) groups excluding carboxylic acids is 1. The Balaban J connectivity index is 1.93. The molecular weight excluding hydrogens is 142 g/mol. The van der Waals surface area contributed by atoms with E-state index in [1.54, 1.807) is 0 Å². The molecule has 1 aliphatic carbocycles. The normalized spacial score (nSPS) is 46.4. The number of ether oxygens (including phenoxy) is 1. The largest absolute Gasteiger partial charge is 0.447 e. The predicted octanol–water partition coefficient (Wildman–Crippen LogP) is 1.13. The highest BCUT2D eigenvalue weighted by atomic mass is 16.6. The van der Waals surface area contributed by atoms with Gasteiger partial charge in [0.05, 0.1) is 6.04 Å². The second-order valence-corrected chi connectivity index (χ2v) is 3.79. The van der Waals surface area contributed by atoms with E-state index < -0.39 is 0 Å². The molecule has 3 rings (SSSR count). The van der Waals surface area contributed by atoms with Crippen LogP contribution < -0.4 is 0 Å². The Morgan fingerprint density at radius 1 is 1.55 bits per heavy atom. The molecule has 0 N–H and O–H groups in total. The van der Waals surface area contributed by atoms with Gasteiger partial charge in [-0.05, 0) is 12.8 Å². The molecule has 0 radical (unpaired) electrons. The Bertz CT molecular complexity index is 228. The zero-order valence-corrected chi connectivity index (χ0v) is 6.38. The Hall–Kier alpha value is -0.730. The SMILES string of the molecule is O=C1OC[C@]23CCCC[C@H]2N13. The summed E-state index contributed by atoms with van der Waals surface area (Å²) in [6, 6.07) is 0.553. The molecule has 3 fully saturated rings. The summed E-state index contributed by atoms with van der Waals surface area (Å²) in [7, 11) is 0. The van der Waals surface area contributed by atoms with Crippen LogP contribution in [0.5, 0.6) is 0 Å². The van der Waals surface area contributed by atoms with Crippen LogP contribution in [0, 0.1) is 0 Å². The Morgan fingerprint density at radius 2 is 2.45 bits per heavy atom. The van der Waals surface area contributed by atoms with E-state index in [9.17, 15) is 4.79 Å². The maximum atomic E-state index is 11.1. The Morgan fingerprint density at radius 3 is 3.27 bits per heavy atom. The Labute approximate surface area is 65.3 Å². The van der Waals surface area contributed by atoms with Gasteiger partial charge in [0.25, 0.3) is 0 Å². The molecule has 0 unspecified atom stereocenters. The van der Waals surface area contributed by atoms with Gasteiger partial charge >= 0.3 is 6.09 Å². The van der Waals surface area contributed by atoms with E-state index in [1.807, 2.05) is 4.90 Å². The van der Waals surface area contributed by atoms with E-state index in [0.717, 1.165) is 0 Å². The van der Waals surface area contributed by atoms with Crippen LogP contribution in [0.3, 0.4) is 0 Å². The van der Waals surface area contributed by atoms with Crippen LogP contribution in [-0.2, 0) is 4.74 Å². The number of rotatable bonds is 0. The molecule has 1 spiro atoms. The lowest BCUT2D eigenvalue weighted by Crippen LogP contribution is -2.23. The minimum Gasteiger partial charge on any atom is -0.447 e. The van der Waals surface area contributed by atoms with Crippen molar-refractivity contribution in [2.24, 2.45) is 0 Å². The summed E-state index contributed by atoms with van der Waals surface area (Å²) in [4.78, 5) is 13.0. The standard InChI is InChI=1S/C8H11NO2/c10-7-9-6-3-1-2-4-8(6,9)5-11-7/h6H,1-5H2/t6-,8-,9?/m1/s1. The van der Waals surface area contributed by atoms with Crippen LogP contribution in [-0.4, -0.2) is 29.2 Å². The van der Waals surface area contributed by atoms with E-state index >= 15 is 0 Å². The molecule has 2 heterocycles. The second kappa shape index (κ2) is 1.54. The number of amides is 1. The maximum Gasteiger partial charge on any atom is 0.410 e. The fourth-order valence-corrected chi connectivity index (χ4v) is 2.70. The molecule has 3 heteroatoms. The first-order chi connectivity index (χ1) is 5.34. The fourth-order valence-electron chi connectivity index (χ4n) is 2.70. The van der Waals surface area contributed by atoms with Gasteiger partial charge in [-0.15, -0.1) is 0 Å². The topological polar surface area (TPSA) is 29.3 Å². The first-order valence-electron chi connectivity index (χ1n) is 4.31. The molecule has 0 aromatic carbocycles. The molecule has 2 aliphatic heterocycles. The predicted molar refractivity (Wildman–Crippen MR) is 38.2 cm³/mol. The number of carbonyl (C=O) groups is 1. The van der Waals surface area contributed by atoms with Crippen molar-refractivity contribution in [3.8, 4) is 0 Å². The van der Waals surface area contributed by atoms with Crippen LogP contribution >= 0.6 is 0 Å². The summed E-state index contributed by atoms with van der Waals surface area (Å²) in [6.45, 7) is 0.663. The third-order valence-electron chi connectivity index (χ3n) is 3.32. The average Bonchev–Trinajstić information content (AvgIpc) is 2.60. The van der Waals surface area contributed by atoms with E-state index in [1.165, 1.54) is 25.7 Å². The molecule has 60 valence electrons. The van der Waals surface area contributed by atoms with Gasteiger partial charge in [0.15, 0.2) is 0 Å². The molecule has 1 saturated carbocycles. The first-order valence-corrected chi connectivity index (χ1v) is 4.31. The molecule has 0 aromatic rings. The minimum atomic E-state index is -0.0723. The summed E-state index contributed by atoms with van der Waals surface area (Å²) in [5, 5.41) is 0. The smallest absolute Gasteiger partial charge is 0.410 e. The molecule has 3 aliphatic rings. The van der Waals surface area contributed by atoms with Gasteiger partial charge in [-0.1, -0.05) is 12.8 Å². The molecule has 11 heavy (non-hydrogen) atoms. The number of hydrogen-bond acceptors (Lipinski definition) is 2. The van der Waals surface area contributed by atoms with Crippen LogP contribution in [0.25, 0.3) is 0 Å². The number of cyclic esters (lactones) is 1. The van der Waals surface area contributed by atoms with Gasteiger partial charge in [0, 0.05) is 0 Å². The highest BCUT2D eigenvalue weighted by molar-refractivity contribution is 5.77. The van der Waals surface area contributed by atoms with Gasteiger partial charge in [-0.3, -0.25) is 4.90 Å². The lowest BCUT2D eigenvalue weighted by Gasteiger charge is -2.14. The third-order valence-corrected chi connectivity index (χ3v) is 3.32. The molecule has 2 atom stereocenters. The molecule has 0 bridgehead atoms. The second-order valence-electron chi connectivity index (χ2n) is 3.79. The number of nitrogens with zero attached hydrogens (tertiary/aromatic N) is 1. The summed E-state index contributed by atoms with van der Waals surface area (Å²) in [6.07, 6.45) is 4.86. The average molecular weight is 153 g/mol. The fraction of sp³-hybridized carbons (Fsp3) is 0.875. The van der Waals surface area contributed by atoms with Crippen molar-refractivity contribution in [1.29, 1.82) is 0 Å². The van der Waals surface area contributed by atoms with Crippen molar-refractivity contribution in [3.63, 3.8) is 0 Å². The van der Waals surface area contributed by atoms with Gasteiger partial charge in [-0.25, -0.2) is 4.79 Å². The number of fused-ring (bicyclic) bond motifs is 1. The van der Waals surface area contributed by atoms with Crippen LogP contribution in [0.1, 0.15) is 25.7 Å². The van der Waals surface area contributed by atoms with Crippen molar-refractivity contribution in [2.75, 3.05) is 6.61 Å². The van der Waals surface area contributed by atoms with Crippen molar-refractivity contribution < 1.29 is 9.53 Å². The van der Waals surface area contributed by atoms with Crippen LogP contribution in [0.4, 0.5) is 4.79 Å². The summed E-state index contributed by atoms with van der Waals surface area (Å²) >= 11 is 0. The molecule has 2 saturated heterocycles. The lowest BCUT2D eigenvalue weighted by atomic mass is 9.90. The van der Waals surface area contributed by atoms with Gasteiger partial charge < -0.3 is 4.74 Å². The summed E-state index contributed by atoms with van der Waals surface area (Å²) < 4.78 is 4.96. The molecular formula is C8H11NO2. The van der Waals surface area contributed by atoms with Crippen molar-refractivity contribution in [3.05, 3.63) is 0 Å². The van der Waals surface area contributed by atoms with Gasteiger partial charge in [-0.2, -0.15) is 0 Å². The number of hydrogen-bond donors (Lipinski definition) is 0. The zero-order valence-electron chi connectivity index (χ0n) is 6.38. The van der Waals surface area contributed by atoms with Crippen LogP contribution in [0.2, 0.25) is 0 Å². The maximum absolute atomic E-state index is 11.1. The first kappa shape index (κ1) is 5.86. The molecule has 3 nitrogen and oxygen atoms in total. The lowest BCUT2D eigenvalue weighted by molar-refractivity contribution is 0.149. The quantitative estimate of drug-likeness (QED) is 0.488. The van der Waals surface area contributed by atoms with E-state index in [2.05, 4.69) is 0 Å². The van der Waals surface area contributed by atoms with Crippen molar-refractivity contribution >= 4 is 6.09 Å². The highest BCUT2D eigenvalue weighted by Gasteiger charge is 2.70. The summed E-state index contributed by atoms with van der Waals surface area (Å²) in [5.74, 6) is 0. The van der Waals surface area contributed by atoms with E-state index in [-0.39, 0.29) is 11.6 Å². The van der Waals surface area contributed by atoms with Crippen LogP contribution in [0.15, 0.2) is 0 Å². The van der Waals surface area contributed by atoms with Crippen molar-refractivity contribution in [2.45, 2.75) is 37.3 Å². The zero-order chi connectivity index (χ0) is 7.47. The summed E-state index contributed by atoms with van der Waals surface area (Å²) in [5.41, 5.74) is 0.190. The monoisotopic (exact) mass is 153 g/mol. The van der Waals surface area contributed by atoms with Gasteiger partial charge in [0.2, 0.25) is 0 Å². The van der Waals surface area contributed by atoms with E-state index in [0.29, 0.717) is 12.6 Å². The van der Waals surface area contributed by atoms with Crippen molar-refractivity contribution in [1.82, 2.24) is 4.90 Å². The molecule has 1 amide bonds. The third kappa shape index (κ3) is 0.501. The van der Waals surface area contributed by atoms with Gasteiger partial charge in [0.1, 0.15) is 12.1 Å².